The highest BCUT2D eigenvalue weighted by Gasteiger charge is 2.20. The maximum absolute atomic E-state index is 12.9. The van der Waals surface area contributed by atoms with Crippen LogP contribution in [0.3, 0.4) is 0 Å². The lowest BCUT2D eigenvalue weighted by Crippen LogP contribution is -2.33. The molecule has 1 amide bonds. The SMILES string of the molecule is CCNCCNC(=O)CCCN(C)S(=O)(=O)c1ccc(F)cc1.Cl. The number of nitrogens with zero attached hydrogens (tertiary/aromatic N) is 1. The molecule has 0 aliphatic rings. The standard InChI is InChI=1S/C15H24FN3O3S.ClH/c1-3-17-10-11-18-15(20)5-4-12-19(2)23(21,22)14-8-6-13(16)7-9-14;/h6-9,17H,3-5,10-12H2,1-2H3,(H,18,20);1H. The summed E-state index contributed by atoms with van der Waals surface area (Å²) >= 11 is 0. The number of benzene rings is 1. The van der Waals surface area contributed by atoms with E-state index in [9.17, 15) is 17.6 Å². The third kappa shape index (κ3) is 7.57. The van der Waals surface area contributed by atoms with Gasteiger partial charge in [-0.1, -0.05) is 6.92 Å². The molecular formula is C15H25ClFN3O3S. The molecular weight excluding hydrogens is 357 g/mol. The molecule has 0 unspecified atom stereocenters. The van der Waals surface area contributed by atoms with Gasteiger partial charge in [-0.25, -0.2) is 17.1 Å². The monoisotopic (exact) mass is 381 g/mol. The fourth-order valence-corrected chi connectivity index (χ4v) is 3.13. The van der Waals surface area contributed by atoms with E-state index in [0.717, 1.165) is 18.7 Å². The smallest absolute Gasteiger partial charge is 0.242 e. The molecule has 24 heavy (non-hydrogen) atoms. The van der Waals surface area contributed by atoms with Gasteiger partial charge in [-0.15, -0.1) is 12.4 Å². The summed E-state index contributed by atoms with van der Waals surface area (Å²) in [5.41, 5.74) is 0. The van der Waals surface area contributed by atoms with Gasteiger partial charge < -0.3 is 10.6 Å². The quantitative estimate of drug-likeness (QED) is 0.600. The van der Waals surface area contributed by atoms with Crippen molar-refractivity contribution in [1.82, 2.24) is 14.9 Å². The van der Waals surface area contributed by atoms with E-state index in [0.29, 0.717) is 19.5 Å². The number of nitrogens with one attached hydrogen (secondary N) is 2. The minimum atomic E-state index is -3.65. The van der Waals surface area contributed by atoms with Crippen LogP contribution in [0.15, 0.2) is 29.2 Å². The summed E-state index contributed by atoms with van der Waals surface area (Å²) in [4.78, 5) is 11.6. The van der Waals surface area contributed by atoms with Gasteiger partial charge in [0, 0.05) is 33.1 Å². The lowest BCUT2D eigenvalue weighted by Gasteiger charge is -2.17. The molecule has 6 nitrogen and oxygen atoms in total. The summed E-state index contributed by atoms with van der Waals surface area (Å²) in [6, 6.07) is 4.68. The molecule has 0 aliphatic carbocycles. The predicted octanol–water partition coefficient (Wildman–Crippen LogP) is 1.37. The molecule has 0 fully saturated rings. The van der Waals surface area contributed by atoms with Gasteiger partial charge in [0.25, 0.3) is 0 Å². The van der Waals surface area contributed by atoms with Crippen LogP contribution < -0.4 is 10.6 Å². The molecule has 9 heteroatoms. The molecule has 1 aromatic carbocycles. The molecule has 1 rings (SSSR count). The Morgan fingerprint density at radius 2 is 1.83 bits per heavy atom. The number of sulfonamides is 1. The molecule has 0 bridgehead atoms. The molecule has 0 spiro atoms. The highest BCUT2D eigenvalue weighted by Crippen LogP contribution is 2.15. The Bertz CT molecular complexity index is 596. The Morgan fingerprint density at radius 1 is 1.21 bits per heavy atom. The first kappa shape index (κ1) is 22.8. The summed E-state index contributed by atoms with van der Waals surface area (Å²) in [6.45, 7) is 4.32. The first-order valence-corrected chi connectivity index (χ1v) is 9.01. The zero-order valence-corrected chi connectivity index (χ0v) is 15.6. The van der Waals surface area contributed by atoms with Gasteiger partial charge in [0.1, 0.15) is 5.82 Å². The van der Waals surface area contributed by atoms with Gasteiger partial charge in [-0.05, 0) is 37.2 Å². The van der Waals surface area contributed by atoms with Gasteiger partial charge in [0.15, 0.2) is 0 Å². The number of halogens is 2. The number of hydrogen-bond donors (Lipinski definition) is 2. The number of rotatable bonds is 10. The lowest BCUT2D eigenvalue weighted by atomic mass is 10.3. The highest BCUT2D eigenvalue weighted by molar-refractivity contribution is 7.89. The molecule has 1 aromatic rings. The summed E-state index contributed by atoms with van der Waals surface area (Å²) in [5.74, 6) is -0.587. The summed E-state index contributed by atoms with van der Waals surface area (Å²) in [7, 11) is -2.21. The molecule has 0 aliphatic heterocycles. The maximum Gasteiger partial charge on any atom is 0.242 e. The van der Waals surface area contributed by atoms with Gasteiger partial charge in [0.2, 0.25) is 15.9 Å². The van der Waals surface area contributed by atoms with E-state index >= 15 is 0 Å². The summed E-state index contributed by atoms with van der Waals surface area (Å²) in [6.07, 6.45) is 0.680. The fraction of sp³-hybridized carbons (Fsp3) is 0.533. The zero-order valence-electron chi connectivity index (χ0n) is 13.9. The second kappa shape index (κ2) is 11.4. The van der Waals surface area contributed by atoms with Crippen molar-refractivity contribution in [3.63, 3.8) is 0 Å². The van der Waals surface area contributed by atoms with Crippen LogP contribution in [0.5, 0.6) is 0 Å². The number of hydrogen-bond acceptors (Lipinski definition) is 4. The van der Waals surface area contributed by atoms with Crippen molar-refractivity contribution in [2.75, 3.05) is 33.2 Å². The van der Waals surface area contributed by atoms with Crippen molar-refractivity contribution >= 4 is 28.3 Å². The van der Waals surface area contributed by atoms with E-state index in [-0.39, 0.29) is 36.2 Å². The predicted molar refractivity (Wildman–Crippen MR) is 94.3 cm³/mol. The number of carbonyl (C=O) groups excluding carboxylic acids is 1. The summed E-state index contributed by atoms with van der Waals surface area (Å²) in [5, 5.41) is 5.85. The van der Waals surface area contributed by atoms with Crippen LogP contribution in [0, 0.1) is 5.82 Å². The van der Waals surface area contributed by atoms with Crippen molar-refractivity contribution in [3.8, 4) is 0 Å². The maximum atomic E-state index is 12.9. The normalized spacial score (nSPS) is 11.2. The van der Waals surface area contributed by atoms with E-state index in [1.165, 1.54) is 23.5 Å². The van der Waals surface area contributed by atoms with Gasteiger partial charge in [0.05, 0.1) is 4.90 Å². The highest BCUT2D eigenvalue weighted by atomic mass is 35.5. The number of amides is 1. The average molecular weight is 382 g/mol. The topological polar surface area (TPSA) is 78.5 Å². The molecule has 138 valence electrons. The van der Waals surface area contributed by atoms with E-state index < -0.39 is 15.8 Å². The third-order valence-corrected chi connectivity index (χ3v) is 5.14. The van der Waals surface area contributed by atoms with Crippen LogP contribution in [0.1, 0.15) is 19.8 Å². The van der Waals surface area contributed by atoms with E-state index in [1.807, 2.05) is 6.92 Å². The van der Waals surface area contributed by atoms with Gasteiger partial charge in [-0.3, -0.25) is 4.79 Å². The van der Waals surface area contributed by atoms with Crippen LogP contribution in [-0.4, -0.2) is 51.9 Å². The largest absolute Gasteiger partial charge is 0.355 e. The van der Waals surface area contributed by atoms with Crippen molar-refractivity contribution in [3.05, 3.63) is 30.1 Å². The molecule has 0 heterocycles. The third-order valence-electron chi connectivity index (χ3n) is 3.27. The van der Waals surface area contributed by atoms with Crippen molar-refractivity contribution < 1.29 is 17.6 Å². The van der Waals surface area contributed by atoms with E-state index in [1.54, 1.807) is 0 Å². The second-order valence-corrected chi connectivity index (χ2v) is 7.13. The first-order chi connectivity index (χ1) is 10.9. The Morgan fingerprint density at radius 3 is 2.42 bits per heavy atom. The minimum absolute atomic E-state index is 0. The minimum Gasteiger partial charge on any atom is -0.355 e. The molecule has 2 N–H and O–H groups in total. The van der Waals surface area contributed by atoms with Crippen LogP contribution in [0.2, 0.25) is 0 Å². The van der Waals surface area contributed by atoms with Crippen LogP contribution >= 0.6 is 12.4 Å². The zero-order chi connectivity index (χ0) is 17.3. The van der Waals surface area contributed by atoms with Gasteiger partial charge >= 0.3 is 0 Å². The summed E-state index contributed by atoms with van der Waals surface area (Å²) < 4.78 is 38.5. The lowest BCUT2D eigenvalue weighted by molar-refractivity contribution is -0.121. The Kier molecular flexibility index (Phi) is 10.8. The van der Waals surface area contributed by atoms with Crippen LogP contribution in [0.25, 0.3) is 0 Å². The van der Waals surface area contributed by atoms with Crippen LogP contribution in [0.4, 0.5) is 4.39 Å². The average Bonchev–Trinajstić information content (AvgIpc) is 2.52. The van der Waals surface area contributed by atoms with Crippen molar-refractivity contribution in [2.24, 2.45) is 0 Å². The molecule has 0 radical (unpaired) electrons. The Hall–Kier alpha value is -1.22. The Labute approximate surface area is 149 Å². The Balaban J connectivity index is 0.00000529. The van der Waals surface area contributed by atoms with E-state index in [4.69, 9.17) is 0 Å². The van der Waals surface area contributed by atoms with Crippen LogP contribution in [-0.2, 0) is 14.8 Å². The molecule has 0 atom stereocenters. The van der Waals surface area contributed by atoms with Gasteiger partial charge in [-0.2, -0.15) is 0 Å². The second-order valence-electron chi connectivity index (χ2n) is 5.09. The van der Waals surface area contributed by atoms with Crippen molar-refractivity contribution in [1.29, 1.82) is 0 Å². The van der Waals surface area contributed by atoms with Crippen molar-refractivity contribution in [2.45, 2.75) is 24.7 Å². The number of carbonyl (C=O) groups is 1. The molecule has 0 saturated carbocycles. The fourth-order valence-electron chi connectivity index (χ4n) is 1.92. The molecule has 0 saturated heterocycles. The first-order valence-electron chi connectivity index (χ1n) is 7.57. The number of likely N-dealkylation sites (N-methyl/N-ethyl adjacent to an activating group) is 1. The molecule has 0 aromatic heterocycles. The van der Waals surface area contributed by atoms with E-state index in [2.05, 4.69) is 10.6 Å².